The van der Waals surface area contributed by atoms with E-state index in [-0.39, 0.29) is 5.82 Å². The lowest BCUT2D eigenvalue weighted by Crippen LogP contribution is -2.31. The van der Waals surface area contributed by atoms with Gasteiger partial charge in [-0.2, -0.15) is 4.68 Å². The molecule has 0 amide bonds. The number of nitrogens with zero attached hydrogens (tertiary/aromatic N) is 4. The number of rotatable bonds is 2. The highest BCUT2D eigenvalue weighted by Gasteiger charge is 2.22. The highest BCUT2D eigenvalue weighted by atomic mass is 16.6. The van der Waals surface area contributed by atoms with Crippen molar-refractivity contribution in [2.45, 2.75) is 18.9 Å². The van der Waals surface area contributed by atoms with Crippen LogP contribution in [0.3, 0.4) is 0 Å². The fourth-order valence-corrected chi connectivity index (χ4v) is 1.89. The third-order valence-electron chi connectivity index (χ3n) is 2.84. The van der Waals surface area contributed by atoms with Gasteiger partial charge in [0, 0.05) is 0 Å². The number of nitro groups is 1. The van der Waals surface area contributed by atoms with Gasteiger partial charge in [0.05, 0.1) is 23.4 Å². The van der Waals surface area contributed by atoms with Crippen molar-refractivity contribution < 1.29 is 4.92 Å². The molecule has 2 rings (SSSR count). The largest absolute Gasteiger partial charge is 0.389 e. The first-order valence-corrected chi connectivity index (χ1v) is 5.05. The molecule has 15 heavy (non-hydrogen) atoms. The predicted molar refractivity (Wildman–Crippen MR) is 54.6 cm³/mol. The van der Waals surface area contributed by atoms with E-state index in [0.29, 0.717) is 6.04 Å². The Bertz CT molecular complexity index is 355. The topological polar surface area (TPSA) is 64.2 Å². The average Bonchev–Trinajstić information content (AvgIpc) is 2.68. The lowest BCUT2D eigenvalue weighted by atomic mass is 10.1. The molecule has 0 aliphatic carbocycles. The minimum atomic E-state index is -0.453. The van der Waals surface area contributed by atoms with Gasteiger partial charge in [0.1, 0.15) is 0 Å². The lowest BCUT2D eigenvalue weighted by molar-refractivity contribution is -0.389. The van der Waals surface area contributed by atoms with Crippen molar-refractivity contribution >= 4 is 5.82 Å². The van der Waals surface area contributed by atoms with E-state index >= 15 is 0 Å². The lowest BCUT2D eigenvalue weighted by Gasteiger charge is -2.27. The molecule has 1 fully saturated rings. The van der Waals surface area contributed by atoms with Gasteiger partial charge in [0.2, 0.25) is 0 Å². The Balaban J connectivity index is 2.06. The zero-order valence-electron chi connectivity index (χ0n) is 8.67. The normalized spacial score (nSPS) is 19.3. The van der Waals surface area contributed by atoms with Crippen molar-refractivity contribution in [3.05, 3.63) is 22.4 Å². The summed E-state index contributed by atoms with van der Waals surface area (Å²) in [5.41, 5.74) is 0. The van der Waals surface area contributed by atoms with Gasteiger partial charge >= 0.3 is 5.82 Å². The molecule has 0 N–H and O–H groups in total. The molecule has 82 valence electrons. The molecule has 0 radical (unpaired) electrons. The van der Waals surface area contributed by atoms with Crippen molar-refractivity contribution in [2.75, 3.05) is 20.1 Å². The van der Waals surface area contributed by atoms with E-state index in [2.05, 4.69) is 17.0 Å². The fourth-order valence-electron chi connectivity index (χ4n) is 1.89. The maximum Gasteiger partial charge on any atom is 0.389 e. The van der Waals surface area contributed by atoms with Crippen molar-refractivity contribution in [1.82, 2.24) is 14.7 Å². The molecule has 0 saturated carbocycles. The molecular formula is C9H14N4O2. The summed E-state index contributed by atoms with van der Waals surface area (Å²) in [7, 11) is 2.09. The van der Waals surface area contributed by atoms with Gasteiger partial charge in [0.15, 0.2) is 0 Å². The van der Waals surface area contributed by atoms with E-state index in [1.54, 1.807) is 10.9 Å². The quantitative estimate of drug-likeness (QED) is 0.540. The van der Waals surface area contributed by atoms with Gasteiger partial charge in [-0.1, -0.05) is 0 Å². The monoisotopic (exact) mass is 210 g/mol. The molecule has 1 aliphatic rings. The van der Waals surface area contributed by atoms with Crippen LogP contribution < -0.4 is 0 Å². The zero-order chi connectivity index (χ0) is 10.8. The molecule has 0 unspecified atom stereocenters. The van der Waals surface area contributed by atoms with Gasteiger partial charge in [-0.05, 0) is 37.9 Å². The van der Waals surface area contributed by atoms with Crippen LogP contribution in [0.1, 0.15) is 18.9 Å². The summed E-state index contributed by atoms with van der Waals surface area (Å²) in [6.45, 7) is 2.05. The first-order chi connectivity index (χ1) is 7.16. The summed E-state index contributed by atoms with van der Waals surface area (Å²) in [4.78, 5) is 12.3. The van der Waals surface area contributed by atoms with Crippen molar-refractivity contribution in [3.8, 4) is 0 Å². The van der Waals surface area contributed by atoms with E-state index in [1.165, 1.54) is 6.07 Å². The number of hydrogen-bond acceptors (Lipinski definition) is 4. The maximum atomic E-state index is 10.5. The first kappa shape index (κ1) is 10.1. The summed E-state index contributed by atoms with van der Waals surface area (Å²) < 4.78 is 1.73. The molecule has 2 heterocycles. The SMILES string of the molecule is CN1CCC(n2ccc([N+](=O)[O-])n2)CC1. The molecule has 0 aromatic carbocycles. The average molecular weight is 210 g/mol. The van der Waals surface area contributed by atoms with Gasteiger partial charge in [-0.25, -0.2) is 0 Å². The molecule has 0 bridgehead atoms. The van der Waals surface area contributed by atoms with Crippen molar-refractivity contribution in [3.63, 3.8) is 0 Å². The van der Waals surface area contributed by atoms with E-state index in [4.69, 9.17) is 0 Å². The Hall–Kier alpha value is -1.43. The summed E-state index contributed by atoms with van der Waals surface area (Å²) in [5.74, 6) is -0.0612. The molecule has 1 saturated heterocycles. The second kappa shape index (κ2) is 3.98. The second-order valence-corrected chi connectivity index (χ2v) is 3.95. The number of likely N-dealkylation sites (tertiary alicyclic amines) is 1. The highest BCUT2D eigenvalue weighted by molar-refractivity contribution is 5.14. The minimum Gasteiger partial charge on any atom is -0.358 e. The van der Waals surface area contributed by atoms with Gasteiger partial charge in [0.25, 0.3) is 0 Å². The van der Waals surface area contributed by atoms with Crippen LogP contribution in [0.5, 0.6) is 0 Å². The number of hydrogen-bond donors (Lipinski definition) is 0. The van der Waals surface area contributed by atoms with Crippen LogP contribution in [0.4, 0.5) is 5.82 Å². The fraction of sp³-hybridized carbons (Fsp3) is 0.667. The summed E-state index contributed by atoms with van der Waals surface area (Å²) in [5, 5.41) is 14.4. The zero-order valence-corrected chi connectivity index (χ0v) is 8.67. The molecule has 1 aliphatic heterocycles. The summed E-state index contributed by atoms with van der Waals surface area (Å²) in [6.07, 6.45) is 3.72. The molecule has 1 aromatic rings. The van der Waals surface area contributed by atoms with Crippen molar-refractivity contribution in [2.24, 2.45) is 0 Å². The van der Waals surface area contributed by atoms with Crippen LogP contribution in [-0.4, -0.2) is 39.7 Å². The first-order valence-electron chi connectivity index (χ1n) is 5.05. The standard InChI is InChI=1S/C9H14N4O2/c1-11-5-2-8(3-6-11)12-7-4-9(10-12)13(14)15/h4,7-8H,2-3,5-6H2,1H3. The molecular weight excluding hydrogens is 196 g/mol. The van der Waals surface area contributed by atoms with E-state index < -0.39 is 4.92 Å². The smallest absolute Gasteiger partial charge is 0.358 e. The third kappa shape index (κ3) is 2.15. The van der Waals surface area contributed by atoms with Gasteiger partial charge < -0.3 is 15.0 Å². The molecule has 6 heteroatoms. The Morgan fingerprint density at radius 3 is 2.73 bits per heavy atom. The molecule has 0 spiro atoms. The number of aromatic nitrogens is 2. The highest BCUT2D eigenvalue weighted by Crippen LogP contribution is 2.22. The number of piperidine rings is 1. The van der Waals surface area contributed by atoms with Crippen LogP contribution in [0.25, 0.3) is 0 Å². The van der Waals surface area contributed by atoms with Crippen LogP contribution in [0.15, 0.2) is 12.3 Å². The summed E-state index contributed by atoms with van der Waals surface area (Å²) >= 11 is 0. The maximum absolute atomic E-state index is 10.5. The van der Waals surface area contributed by atoms with Gasteiger partial charge in [-0.15, -0.1) is 0 Å². The Kier molecular flexibility index (Phi) is 2.68. The van der Waals surface area contributed by atoms with E-state index in [1.807, 2.05) is 0 Å². The van der Waals surface area contributed by atoms with Crippen LogP contribution in [0.2, 0.25) is 0 Å². The molecule has 6 nitrogen and oxygen atoms in total. The second-order valence-electron chi connectivity index (χ2n) is 3.95. The van der Waals surface area contributed by atoms with E-state index in [9.17, 15) is 10.1 Å². The Morgan fingerprint density at radius 1 is 1.53 bits per heavy atom. The summed E-state index contributed by atoms with van der Waals surface area (Å²) in [6, 6.07) is 1.77. The van der Waals surface area contributed by atoms with Gasteiger partial charge in [-0.3, -0.25) is 0 Å². The van der Waals surface area contributed by atoms with Crippen LogP contribution in [-0.2, 0) is 0 Å². The molecule has 1 aromatic heterocycles. The van der Waals surface area contributed by atoms with Crippen LogP contribution in [0, 0.1) is 10.1 Å². The van der Waals surface area contributed by atoms with E-state index in [0.717, 1.165) is 25.9 Å². The Labute approximate surface area is 87.6 Å². The molecule has 0 atom stereocenters. The van der Waals surface area contributed by atoms with Crippen LogP contribution >= 0.6 is 0 Å². The Morgan fingerprint density at radius 2 is 2.20 bits per heavy atom. The van der Waals surface area contributed by atoms with Crippen molar-refractivity contribution in [1.29, 1.82) is 0 Å². The predicted octanol–water partition coefficient (Wildman–Crippen LogP) is 1.06. The minimum absolute atomic E-state index is 0.0612. The third-order valence-corrected chi connectivity index (χ3v) is 2.84.